The Bertz CT molecular complexity index is 763. The zero-order valence-corrected chi connectivity index (χ0v) is 16.0. The van der Waals surface area contributed by atoms with Crippen molar-refractivity contribution in [2.75, 3.05) is 31.6 Å². The monoisotopic (exact) mass is 381 g/mol. The summed E-state index contributed by atoms with van der Waals surface area (Å²) in [4.78, 5) is 20.7. The van der Waals surface area contributed by atoms with E-state index >= 15 is 0 Å². The molecule has 1 aromatic rings. The number of fused-ring (bicyclic) bond motifs is 3. The molecular weight excluding hydrogens is 355 g/mol. The maximum Gasteiger partial charge on any atom is 0.416 e. The van der Waals surface area contributed by atoms with Gasteiger partial charge in [-0.05, 0) is 36.7 Å². The van der Waals surface area contributed by atoms with Gasteiger partial charge in [0.2, 0.25) is 5.91 Å². The summed E-state index contributed by atoms with van der Waals surface area (Å²) >= 11 is 0. The van der Waals surface area contributed by atoms with Crippen LogP contribution in [0.25, 0.3) is 0 Å². The van der Waals surface area contributed by atoms with Crippen LogP contribution in [0.5, 0.6) is 0 Å². The van der Waals surface area contributed by atoms with E-state index < -0.39 is 11.7 Å². The van der Waals surface area contributed by atoms with E-state index in [1.807, 2.05) is 30.7 Å². The fourth-order valence-electron chi connectivity index (χ4n) is 5.59. The first-order valence-corrected chi connectivity index (χ1v) is 9.68. The second-order valence-electron chi connectivity index (χ2n) is 8.87. The van der Waals surface area contributed by atoms with Gasteiger partial charge in [0.25, 0.3) is 0 Å². The Hall–Kier alpha value is -1.79. The van der Waals surface area contributed by atoms with Gasteiger partial charge in [0, 0.05) is 50.3 Å². The zero-order valence-electron chi connectivity index (χ0n) is 16.0. The lowest BCUT2D eigenvalue weighted by atomic mass is 9.68. The molecule has 4 nitrogen and oxygen atoms in total. The molecule has 3 heterocycles. The van der Waals surface area contributed by atoms with Gasteiger partial charge in [-0.25, -0.2) is 4.98 Å². The number of halogens is 3. The molecule has 148 valence electrons. The zero-order chi connectivity index (χ0) is 19.6. The molecule has 1 unspecified atom stereocenters. The summed E-state index contributed by atoms with van der Waals surface area (Å²) < 4.78 is 41.2. The smallest absolute Gasteiger partial charge is 0.359 e. The predicted molar refractivity (Wildman–Crippen MR) is 96.4 cm³/mol. The quantitative estimate of drug-likeness (QED) is 0.779. The van der Waals surface area contributed by atoms with Gasteiger partial charge in [0.1, 0.15) is 5.82 Å². The highest BCUT2D eigenvalue weighted by molar-refractivity contribution is 5.78. The highest BCUT2D eigenvalue weighted by Crippen LogP contribution is 2.59. The van der Waals surface area contributed by atoms with Crippen LogP contribution in [0.2, 0.25) is 0 Å². The second-order valence-corrected chi connectivity index (χ2v) is 8.87. The third-order valence-corrected chi connectivity index (χ3v) is 6.72. The van der Waals surface area contributed by atoms with Crippen LogP contribution in [-0.4, -0.2) is 42.5 Å². The second kappa shape index (κ2) is 6.11. The Morgan fingerprint density at radius 3 is 2.74 bits per heavy atom. The molecule has 7 heteroatoms. The van der Waals surface area contributed by atoms with Crippen LogP contribution >= 0.6 is 0 Å². The van der Waals surface area contributed by atoms with Crippen LogP contribution in [0, 0.1) is 17.3 Å². The van der Waals surface area contributed by atoms with Crippen molar-refractivity contribution in [3.05, 3.63) is 23.4 Å². The number of likely N-dealkylation sites (tertiary alicyclic amines) is 1. The minimum Gasteiger partial charge on any atom is -0.359 e. The van der Waals surface area contributed by atoms with Gasteiger partial charge >= 0.3 is 6.18 Å². The number of carbonyl (C=O) groups excluding carboxylic acids is 1. The summed E-state index contributed by atoms with van der Waals surface area (Å²) in [6, 6.07) is 1.11. The van der Waals surface area contributed by atoms with Gasteiger partial charge in [0.05, 0.1) is 5.56 Å². The first-order valence-electron chi connectivity index (χ1n) is 9.68. The summed E-state index contributed by atoms with van der Waals surface area (Å²) in [6.45, 7) is 5.61. The number of alkyl halides is 3. The average Bonchev–Trinajstić information content (AvgIpc) is 3.11. The number of carbonyl (C=O) groups is 1. The van der Waals surface area contributed by atoms with Crippen molar-refractivity contribution in [2.45, 2.75) is 45.2 Å². The SMILES string of the molecule is CC(C)C(=O)N1C[C@@H]2CC[C@@](C3CN(C)c4nccc(C(F)(F)F)c43)(C2)C1. The molecule has 4 rings (SSSR count). The van der Waals surface area contributed by atoms with E-state index in [1.54, 1.807) is 0 Å². The van der Waals surface area contributed by atoms with Crippen molar-refractivity contribution in [1.82, 2.24) is 9.88 Å². The molecule has 27 heavy (non-hydrogen) atoms. The molecule has 0 spiro atoms. The Balaban J connectivity index is 1.76. The predicted octanol–water partition coefficient (Wildman–Crippen LogP) is 3.92. The molecule has 1 aromatic heterocycles. The van der Waals surface area contributed by atoms with E-state index in [1.165, 1.54) is 6.20 Å². The Morgan fingerprint density at radius 1 is 1.33 bits per heavy atom. The normalized spacial score (nSPS) is 30.2. The number of likely N-dealkylation sites (N-methyl/N-ethyl adjacent to an activating group) is 1. The number of aromatic nitrogens is 1. The molecule has 3 atom stereocenters. The number of amides is 1. The minimum absolute atomic E-state index is 0.0921. The van der Waals surface area contributed by atoms with Gasteiger partial charge in [-0.15, -0.1) is 0 Å². The van der Waals surface area contributed by atoms with Crippen molar-refractivity contribution in [2.24, 2.45) is 17.3 Å². The standard InChI is InChI=1S/C20H26F3N3O/c1-12(2)18(27)26-9-13-4-6-19(8-13,11-26)15-10-25(3)17-16(15)14(5-7-24-17)20(21,22)23/h5,7,12-13,15H,4,6,8-11H2,1-3H3/t13-,15?,19-/m1/s1. The summed E-state index contributed by atoms with van der Waals surface area (Å²) in [7, 11) is 1.81. The number of piperidine rings is 1. The van der Waals surface area contributed by atoms with Crippen LogP contribution in [0.4, 0.5) is 19.0 Å². The van der Waals surface area contributed by atoms with Gasteiger partial charge in [-0.3, -0.25) is 4.79 Å². The first kappa shape index (κ1) is 18.6. The molecule has 1 aliphatic carbocycles. The lowest BCUT2D eigenvalue weighted by Crippen LogP contribution is -2.50. The summed E-state index contributed by atoms with van der Waals surface area (Å²) in [6.07, 6.45) is -0.375. The van der Waals surface area contributed by atoms with Crippen LogP contribution in [0.1, 0.15) is 50.2 Å². The molecular formula is C20H26F3N3O. The average molecular weight is 381 g/mol. The first-order chi connectivity index (χ1) is 12.6. The van der Waals surface area contributed by atoms with Crippen molar-refractivity contribution < 1.29 is 18.0 Å². The lowest BCUT2D eigenvalue weighted by Gasteiger charge is -2.45. The Labute approximate surface area is 157 Å². The summed E-state index contributed by atoms with van der Waals surface area (Å²) in [5.41, 5.74) is -0.505. The third-order valence-electron chi connectivity index (χ3n) is 6.72. The van der Waals surface area contributed by atoms with Gasteiger partial charge < -0.3 is 9.80 Å². The number of nitrogens with zero attached hydrogens (tertiary/aromatic N) is 3. The fraction of sp³-hybridized carbons (Fsp3) is 0.700. The Morgan fingerprint density at radius 2 is 2.07 bits per heavy atom. The molecule has 2 bridgehead atoms. The van der Waals surface area contributed by atoms with Crippen LogP contribution in [0.3, 0.4) is 0 Å². The molecule has 0 radical (unpaired) electrons. The van der Waals surface area contributed by atoms with E-state index in [9.17, 15) is 18.0 Å². The van der Waals surface area contributed by atoms with Gasteiger partial charge in [-0.2, -0.15) is 13.2 Å². The Kier molecular flexibility index (Phi) is 4.20. The summed E-state index contributed by atoms with van der Waals surface area (Å²) in [5.74, 6) is 0.614. The van der Waals surface area contributed by atoms with Crippen molar-refractivity contribution in [1.29, 1.82) is 0 Å². The van der Waals surface area contributed by atoms with E-state index in [2.05, 4.69) is 4.98 Å². The molecule has 0 aromatic carbocycles. The van der Waals surface area contributed by atoms with E-state index in [-0.39, 0.29) is 23.2 Å². The van der Waals surface area contributed by atoms with Crippen LogP contribution in [-0.2, 0) is 11.0 Å². The largest absolute Gasteiger partial charge is 0.416 e. The van der Waals surface area contributed by atoms with Crippen molar-refractivity contribution in [3.8, 4) is 0 Å². The van der Waals surface area contributed by atoms with Crippen molar-refractivity contribution in [3.63, 3.8) is 0 Å². The minimum atomic E-state index is -4.40. The van der Waals surface area contributed by atoms with E-state index in [0.29, 0.717) is 30.4 Å². The number of hydrogen-bond acceptors (Lipinski definition) is 3. The number of rotatable bonds is 2. The molecule has 3 aliphatic rings. The van der Waals surface area contributed by atoms with E-state index in [0.717, 1.165) is 31.9 Å². The molecule has 1 amide bonds. The molecule has 0 N–H and O–H groups in total. The molecule has 2 fully saturated rings. The number of anilines is 1. The third kappa shape index (κ3) is 2.90. The maximum absolute atomic E-state index is 13.7. The molecule has 2 aliphatic heterocycles. The maximum atomic E-state index is 13.7. The number of hydrogen-bond donors (Lipinski definition) is 0. The lowest BCUT2D eigenvalue weighted by molar-refractivity contribution is -0.140. The van der Waals surface area contributed by atoms with E-state index in [4.69, 9.17) is 0 Å². The highest BCUT2D eigenvalue weighted by atomic mass is 19.4. The fourth-order valence-corrected chi connectivity index (χ4v) is 5.59. The number of pyridine rings is 1. The van der Waals surface area contributed by atoms with Gasteiger partial charge in [-0.1, -0.05) is 13.8 Å². The summed E-state index contributed by atoms with van der Waals surface area (Å²) in [5, 5.41) is 0. The molecule has 1 saturated carbocycles. The van der Waals surface area contributed by atoms with Crippen LogP contribution < -0.4 is 4.90 Å². The van der Waals surface area contributed by atoms with Crippen LogP contribution in [0.15, 0.2) is 12.3 Å². The topological polar surface area (TPSA) is 36.4 Å². The highest BCUT2D eigenvalue weighted by Gasteiger charge is 2.55. The molecule has 1 saturated heterocycles. The van der Waals surface area contributed by atoms with Gasteiger partial charge in [0.15, 0.2) is 0 Å². The van der Waals surface area contributed by atoms with Crippen molar-refractivity contribution >= 4 is 11.7 Å².